The molecule has 2 heterocycles. The van der Waals surface area contributed by atoms with Gasteiger partial charge < -0.3 is 4.52 Å². The van der Waals surface area contributed by atoms with E-state index >= 15 is 0 Å². The van der Waals surface area contributed by atoms with Gasteiger partial charge in [0.05, 0.1) is 11.3 Å². The van der Waals surface area contributed by atoms with E-state index in [-0.39, 0.29) is 0 Å². The quantitative estimate of drug-likeness (QED) is 0.723. The molecule has 0 aliphatic heterocycles. The highest BCUT2D eigenvalue weighted by molar-refractivity contribution is 5.81. The molecule has 3 aromatic rings. The molecule has 0 spiro atoms. The molecule has 1 aliphatic rings. The number of hydrogen-bond donors (Lipinski definition) is 0. The Kier molecular flexibility index (Phi) is 2.59. The van der Waals surface area contributed by atoms with Gasteiger partial charge in [-0.3, -0.25) is 0 Å². The Labute approximate surface area is 116 Å². The molecule has 1 saturated carbocycles. The molecule has 0 N–H and O–H groups in total. The van der Waals surface area contributed by atoms with Crippen molar-refractivity contribution >= 4 is 0 Å². The van der Waals surface area contributed by atoms with Gasteiger partial charge in [0, 0.05) is 12.1 Å². The average molecular weight is 263 g/mol. The highest BCUT2D eigenvalue weighted by Gasteiger charge is 2.33. The van der Waals surface area contributed by atoms with Crippen molar-refractivity contribution in [2.45, 2.75) is 18.8 Å². The third-order valence-electron chi connectivity index (χ3n) is 3.55. The minimum Gasteiger partial charge on any atom is -0.360 e. The molecule has 0 atom stereocenters. The van der Waals surface area contributed by atoms with Crippen LogP contribution in [0, 0.1) is 0 Å². The molecular formula is C16H13N3O. The zero-order valence-corrected chi connectivity index (χ0v) is 10.9. The van der Waals surface area contributed by atoms with Crippen molar-refractivity contribution in [1.82, 2.24) is 15.1 Å². The van der Waals surface area contributed by atoms with Crippen molar-refractivity contribution in [2.24, 2.45) is 0 Å². The molecule has 0 bridgehead atoms. The standard InChI is InChI=1S/C16H13N3O/c1-2-4-11(5-3-1)14-15(13-8-9-17-10-18-13)19-20-16(14)12-6-7-12/h1-5,8-10,12H,6-7H2. The lowest BCUT2D eigenvalue weighted by Crippen LogP contribution is -1.88. The fourth-order valence-corrected chi connectivity index (χ4v) is 2.42. The van der Waals surface area contributed by atoms with E-state index in [1.54, 1.807) is 6.20 Å². The van der Waals surface area contributed by atoms with E-state index in [1.165, 1.54) is 19.2 Å². The maximum absolute atomic E-state index is 5.62. The highest BCUT2D eigenvalue weighted by Crippen LogP contribution is 2.47. The Hall–Kier alpha value is -2.49. The van der Waals surface area contributed by atoms with Crippen molar-refractivity contribution in [2.75, 3.05) is 0 Å². The first-order chi connectivity index (χ1) is 9.93. The van der Waals surface area contributed by atoms with Gasteiger partial charge in [0.2, 0.25) is 0 Å². The molecule has 4 nitrogen and oxygen atoms in total. The summed E-state index contributed by atoms with van der Waals surface area (Å²) in [6.07, 6.45) is 5.62. The first kappa shape index (κ1) is 11.3. The summed E-state index contributed by atoms with van der Waals surface area (Å²) >= 11 is 0. The zero-order valence-electron chi connectivity index (χ0n) is 10.9. The summed E-state index contributed by atoms with van der Waals surface area (Å²) < 4.78 is 5.62. The fourth-order valence-electron chi connectivity index (χ4n) is 2.42. The summed E-state index contributed by atoms with van der Waals surface area (Å²) in [6.45, 7) is 0. The Balaban J connectivity index is 1.92. The average Bonchev–Trinajstić information content (AvgIpc) is 3.27. The second-order valence-corrected chi connectivity index (χ2v) is 5.01. The van der Waals surface area contributed by atoms with Crippen LogP contribution in [0.2, 0.25) is 0 Å². The third-order valence-corrected chi connectivity index (χ3v) is 3.55. The number of aromatic nitrogens is 3. The lowest BCUT2D eigenvalue weighted by molar-refractivity contribution is 0.387. The lowest BCUT2D eigenvalue weighted by Gasteiger charge is -2.03. The van der Waals surface area contributed by atoms with Crippen molar-refractivity contribution < 1.29 is 4.52 Å². The predicted octanol–water partition coefficient (Wildman–Crippen LogP) is 3.68. The first-order valence-electron chi connectivity index (χ1n) is 6.75. The van der Waals surface area contributed by atoms with E-state index in [2.05, 4.69) is 27.3 Å². The fraction of sp³-hybridized carbons (Fsp3) is 0.188. The number of rotatable bonds is 3. The van der Waals surface area contributed by atoms with E-state index in [4.69, 9.17) is 4.52 Å². The summed E-state index contributed by atoms with van der Waals surface area (Å²) in [5.41, 5.74) is 3.81. The maximum atomic E-state index is 5.62. The van der Waals surface area contributed by atoms with E-state index in [1.807, 2.05) is 24.3 Å². The summed E-state index contributed by atoms with van der Waals surface area (Å²) in [5.74, 6) is 1.50. The first-order valence-corrected chi connectivity index (χ1v) is 6.75. The van der Waals surface area contributed by atoms with Gasteiger partial charge in [-0.15, -0.1) is 0 Å². The van der Waals surface area contributed by atoms with Gasteiger partial charge in [-0.2, -0.15) is 0 Å². The van der Waals surface area contributed by atoms with Crippen molar-refractivity contribution in [3.63, 3.8) is 0 Å². The number of hydrogen-bond acceptors (Lipinski definition) is 4. The van der Waals surface area contributed by atoms with Gasteiger partial charge in [0.1, 0.15) is 17.8 Å². The Bertz CT molecular complexity index is 718. The van der Waals surface area contributed by atoms with Crippen LogP contribution in [0.5, 0.6) is 0 Å². The van der Waals surface area contributed by atoms with Crippen LogP contribution < -0.4 is 0 Å². The molecule has 0 unspecified atom stereocenters. The van der Waals surface area contributed by atoms with Crippen LogP contribution in [0.4, 0.5) is 0 Å². The molecule has 0 amide bonds. The Morgan fingerprint density at radius 1 is 1.05 bits per heavy atom. The maximum Gasteiger partial charge on any atom is 0.148 e. The van der Waals surface area contributed by atoms with Gasteiger partial charge in [0.25, 0.3) is 0 Å². The summed E-state index contributed by atoms with van der Waals surface area (Å²) in [5, 5.41) is 4.26. The molecule has 0 radical (unpaired) electrons. The Morgan fingerprint density at radius 2 is 1.90 bits per heavy atom. The summed E-state index contributed by atoms with van der Waals surface area (Å²) in [7, 11) is 0. The van der Waals surface area contributed by atoms with Crippen LogP contribution in [0.3, 0.4) is 0 Å². The lowest BCUT2D eigenvalue weighted by atomic mass is 10.00. The van der Waals surface area contributed by atoms with E-state index in [9.17, 15) is 0 Å². The SMILES string of the molecule is c1ccc(-c2c(-c3ccncn3)noc2C2CC2)cc1. The van der Waals surface area contributed by atoms with Gasteiger partial charge >= 0.3 is 0 Å². The number of benzene rings is 1. The third kappa shape index (κ3) is 1.90. The van der Waals surface area contributed by atoms with E-state index in [0.29, 0.717) is 5.92 Å². The van der Waals surface area contributed by atoms with Gasteiger partial charge in [-0.25, -0.2) is 9.97 Å². The molecule has 4 rings (SSSR count). The van der Waals surface area contributed by atoms with Gasteiger partial charge in [0.15, 0.2) is 0 Å². The van der Waals surface area contributed by atoms with Crippen molar-refractivity contribution in [3.8, 4) is 22.5 Å². The highest BCUT2D eigenvalue weighted by atomic mass is 16.5. The molecule has 1 aromatic carbocycles. The van der Waals surface area contributed by atoms with Crippen LogP contribution in [0.1, 0.15) is 24.5 Å². The topological polar surface area (TPSA) is 51.8 Å². The molecule has 0 saturated heterocycles. The van der Waals surface area contributed by atoms with Crippen molar-refractivity contribution in [1.29, 1.82) is 0 Å². The molecule has 4 heteroatoms. The minimum atomic E-state index is 0.508. The monoisotopic (exact) mass is 263 g/mol. The van der Waals surface area contributed by atoms with Crippen LogP contribution in [-0.4, -0.2) is 15.1 Å². The van der Waals surface area contributed by atoms with Crippen LogP contribution in [0.25, 0.3) is 22.5 Å². The second kappa shape index (κ2) is 4.56. The number of nitrogens with zero attached hydrogens (tertiary/aromatic N) is 3. The summed E-state index contributed by atoms with van der Waals surface area (Å²) in [4.78, 5) is 8.25. The summed E-state index contributed by atoms with van der Waals surface area (Å²) in [6, 6.07) is 12.1. The van der Waals surface area contributed by atoms with Gasteiger partial charge in [-0.05, 0) is 24.5 Å². The smallest absolute Gasteiger partial charge is 0.148 e. The van der Waals surface area contributed by atoms with Crippen LogP contribution in [-0.2, 0) is 0 Å². The van der Waals surface area contributed by atoms with Crippen LogP contribution in [0.15, 0.2) is 53.4 Å². The molecular weight excluding hydrogens is 250 g/mol. The Morgan fingerprint density at radius 3 is 2.60 bits per heavy atom. The molecule has 1 fully saturated rings. The molecule has 20 heavy (non-hydrogen) atoms. The second-order valence-electron chi connectivity index (χ2n) is 5.01. The van der Waals surface area contributed by atoms with Gasteiger partial charge in [-0.1, -0.05) is 35.5 Å². The molecule has 2 aromatic heterocycles. The largest absolute Gasteiger partial charge is 0.360 e. The molecule has 98 valence electrons. The van der Waals surface area contributed by atoms with E-state index in [0.717, 1.165) is 28.3 Å². The predicted molar refractivity (Wildman–Crippen MR) is 74.9 cm³/mol. The zero-order chi connectivity index (χ0) is 13.4. The van der Waals surface area contributed by atoms with Crippen molar-refractivity contribution in [3.05, 3.63) is 54.7 Å². The minimum absolute atomic E-state index is 0.508. The van der Waals surface area contributed by atoms with E-state index < -0.39 is 0 Å². The van der Waals surface area contributed by atoms with Crippen LogP contribution >= 0.6 is 0 Å². The normalized spacial score (nSPS) is 14.4. The molecule has 1 aliphatic carbocycles.